The van der Waals surface area contributed by atoms with E-state index in [1.165, 1.54) is 4.68 Å². The predicted octanol–water partition coefficient (Wildman–Crippen LogP) is 1.46. The van der Waals surface area contributed by atoms with Gasteiger partial charge in [0.25, 0.3) is 0 Å². The van der Waals surface area contributed by atoms with E-state index in [1.54, 1.807) is 7.05 Å². The minimum Gasteiger partial charge on any atom is -0.410 e. The molecule has 0 spiro atoms. The first-order chi connectivity index (χ1) is 8.33. The Morgan fingerprint density at radius 3 is 2.35 bits per heavy atom. The Morgan fingerprint density at radius 1 is 1.24 bits per heavy atom. The molecule has 0 aliphatic heterocycles. The summed E-state index contributed by atoms with van der Waals surface area (Å²) in [7, 11) is 1.68. The maximum atomic E-state index is 8.95. The van der Waals surface area contributed by atoms with Crippen molar-refractivity contribution in [3.05, 3.63) is 41.7 Å². The van der Waals surface area contributed by atoms with Gasteiger partial charge in [0, 0.05) is 12.6 Å². The third kappa shape index (κ3) is 2.87. The highest BCUT2D eigenvalue weighted by atomic mass is 16.4. The van der Waals surface area contributed by atoms with Crippen molar-refractivity contribution < 1.29 is 5.21 Å². The van der Waals surface area contributed by atoms with Gasteiger partial charge in [0.2, 0.25) is 5.82 Å². The van der Waals surface area contributed by atoms with E-state index in [2.05, 4.69) is 20.7 Å². The van der Waals surface area contributed by atoms with Crippen LogP contribution in [-0.4, -0.2) is 31.1 Å². The van der Waals surface area contributed by atoms with E-state index in [4.69, 9.17) is 5.21 Å². The molecule has 2 aromatic rings. The fourth-order valence-electron chi connectivity index (χ4n) is 1.26. The molecule has 0 fully saturated rings. The van der Waals surface area contributed by atoms with Crippen molar-refractivity contribution >= 4 is 5.71 Å². The van der Waals surface area contributed by atoms with Crippen molar-refractivity contribution in [2.24, 2.45) is 12.2 Å². The summed E-state index contributed by atoms with van der Waals surface area (Å²) in [6.07, 6.45) is 0. The van der Waals surface area contributed by atoms with Gasteiger partial charge in [0.15, 0.2) is 5.71 Å². The molecule has 90 valence electrons. The molecule has 1 heterocycles. The lowest BCUT2D eigenvalue weighted by Crippen LogP contribution is -2.11. The first-order valence-electron chi connectivity index (χ1n) is 5.33. The Labute approximate surface area is 99.6 Å². The molecule has 0 bridgehead atoms. The Bertz CT molecular complexity index is 478. The summed E-state index contributed by atoms with van der Waals surface area (Å²) < 4.78 is 1.45. The number of aromatic nitrogens is 4. The summed E-state index contributed by atoms with van der Waals surface area (Å²) in [5, 5.41) is 23.1. The molecule has 0 amide bonds. The van der Waals surface area contributed by atoms with Gasteiger partial charge in [0.05, 0.1) is 0 Å². The van der Waals surface area contributed by atoms with E-state index in [9.17, 15) is 0 Å². The van der Waals surface area contributed by atoms with E-state index in [-0.39, 0.29) is 0 Å². The molecule has 0 aliphatic rings. The molecule has 1 N–H and O–H groups in total. The normalized spacial score (nSPS) is 10.6. The lowest BCUT2D eigenvalue weighted by molar-refractivity contribution is 0.319. The van der Waals surface area contributed by atoms with E-state index in [0.717, 1.165) is 5.56 Å². The van der Waals surface area contributed by atoms with E-state index < -0.39 is 0 Å². The van der Waals surface area contributed by atoms with Crippen LogP contribution in [0.25, 0.3) is 0 Å². The van der Waals surface area contributed by atoms with Crippen LogP contribution in [-0.2, 0) is 7.05 Å². The van der Waals surface area contributed by atoms with Gasteiger partial charge in [-0.15, -0.1) is 5.10 Å². The largest absolute Gasteiger partial charge is 0.410 e. The summed E-state index contributed by atoms with van der Waals surface area (Å²) >= 11 is 0. The van der Waals surface area contributed by atoms with Gasteiger partial charge >= 0.3 is 0 Å². The second kappa shape index (κ2) is 6.37. The van der Waals surface area contributed by atoms with Gasteiger partial charge in [-0.05, 0) is 10.4 Å². The maximum absolute atomic E-state index is 8.95. The Balaban J connectivity index is 0.000000686. The zero-order valence-electron chi connectivity index (χ0n) is 10.1. The Hall–Kier alpha value is -2.24. The minimum absolute atomic E-state index is 0.350. The van der Waals surface area contributed by atoms with Crippen LogP contribution in [0.2, 0.25) is 0 Å². The minimum atomic E-state index is 0.350. The van der Waals surface area contributed by atoms with Gasteiger partial charge in [-0.1, -0.05) is 49.3 Å². The number of oxime groups is 1. The van der Waals surface area contributed by atoms with Crippen molar-refractivity contribution in [3.8, 4) is 0 Å². The molecule has 2 rings (SSSR count). The van der Waals surface area contributed by atoms with Crippen molar-refractivity contribution in [2.75, 3.05) is 0 Å². The van der Waals surface area contributed by atoms with Crippen LogP contribution < -0.4 is 0 Å². The SMILES string of the molecule is CC.Cn1nnnc1C(=NO)c1ccccc1. The summed E-state index contributed by atoms with van der Waals surface area (Å²) in [5.41, 5.74) is 1.11. The second-order valence-electron chi connectivity index (χ2n) is 2.94. The molecule has 17 heavy (non-hydrogen) atoms. The summed E-state index contributed by atoms with van der Waals surface area (Å²) in [5.74, 6) is 0.420. The highest BCUT2D eigenvalue weighted by Gasteiger charge is 2.13. The molecule has 0 unspecified atom stereocenters. The second-order valence-corrected chi connectivity index (χ2v) is 2.94. The summed E-state index contributed by atoms with van der Waals surface area (Å²) in [4.78, 5) is 0. The Morgan fingerprint density at radius 2 is 1.88 bits per heavy atom. The number of tetrazole rings is 1. The number of hydrogen-bond acceptors (Lipinski definition) is 5. The van der Waals surface area contributed by atoms with Crippen molar-refractivity contribution in [3.63, 3.8) is 0 Å². The first kappa shape index (κ1) is 12.8. The quantitative estimate of drug-likeness (QED) is 0.484. The van der Waals surface area contributed by atoms with Crippen LogP contribution >= 0.6 is 0 Å². The van der Waals surface area contributed by atoms with Crippen LogP contribution in [0.1, 0.15) is 25.2 Å². The van der Waals surface area contributed by atoms with Gasteiger partial charge in [-0.25, -0.2) is 4.68 Å². The predicted molar refractivity (Wildman–Crippen MR) is 64.0 cm³/mol. The van der Waals surface area contributed by atoms with Gasteiger partial charge in [0.1, 0.15) is 0 Å². The van der Waals surface area contributed by atoms with Crippen LogP contribution in [0.4, 0.5) is 0 Å². The van der Waals surface area contributed by atoms with Gasteiger partial charge in [-0.3, -0.25) is 0 Å². The van der Waals surface area contributed by atoms with Crippen LogP contribution in [0, 0.1) is 0 Å². The fraction of sp³-hybridized carbons (Fsp3) is 0.273. The third-order valence-electron chi connectivity index (χ3n) is 1.98. The van der Waals surface area contributed by atoms with E-state index >= 15 is 0 Å². The highest BCUT2D eigenvalue weighted by molar-refractivity contribution is 6.10. The first-order valence-corrected chi connectivity index (χ1v) is 5.33. The van der Waals surface area contributed by atoms with Crippen molar-refractivity contribution in [1.29, 1.82) is 0 Å². The van der Waals surface area contributed by atoms with Crippen LogP contribution in [0.15, 0.2) is 35.5 Å². The van der Waals surface area contributed by atoms with Crippen molar-refractivity contribution in [1.82, 2.24) is 20.2 Å². The standard InChI is InChI=1S/C9H9N5O.C2H6/c1-14-9(10-12-13-14)8(11-15)7-5-3-2-4-6-7;1-2/h2-6,15H,1H3;1-2H3. The molecule has 1 aromatic carbocycles. The number of hydrogen-bond donors (Lipinski definition) is 1. The topological polar surface area (TPSA) is 76.2 Å². The zero-order valence-corrected chi connectivity index (χ0v) is 10.1. The maximum Gasteiger partial charge on any atom is 0.204 e. The number of rotatable bonds is 2. The average Bonchev–Trinajstić information content (AvgIpc) is 2.81. The lowest BCUT2D eigenvalue weighted by Gasteiger charge is -2.01. The Kier molecular flexibility index (Phi) is 4.80. The third-order valence-corrected chi connectivity index (χ3v) is 1.98. The average molecular weight is 233 g/mol. The molecule has 0 atom stereocenters. The molecule has 0 aliphatic carbocycles. The molecule has 6 heteroatoms. The lowest BCUT2D eigenvalue weighted by atomic mass is 10.1. The zero-order chi connectivity index (χ0) is 12.7. The number of aryl methyl sites for hydroxylation is 1. The summed E-state index contributed by atoms with van der Waals surface area (Å²) in [6, 6.07) is 9.23. The number of benzene rings is 1. The fourth-order valence-corrected chi connectivity index (χ4v) is 1.26. The molecule has 6 nitrogen and oxygen atoms in total. The van der Waals surface area contributed by atoms with E-state index in [1.807, 2.05) is 44.2 Å². The molecule has 0 saturated carbocycles. The summed E-state index contributed by atoms with van der Waals surface area (Å²) in [6.45, 7) is 4.00. The smallest absolute Gasteiger partial charge is 0.204 e. The van der Waals surface area contributed by atoms with Crippen molar-refractivity contribution in [2.45, 2.75) is 13.8 Å². The van der Waals surface area contributed by atoms with Crippen LogP contribution in [0.5, 0.6) is 0 Å². The van der Waals surface area contributed by atoms with Gasteiger partial charge in [-0.2, -0.15) is 0 Å². The van der Waals surface area contributed by atoms with Crippen LogP contribution in [0.3, 0.4) is 0 Å². The van der Waals surface area contributed by atoms with E-state index in [0.29, 0.717) is 11.5 Å². The molecule has 1 aromatic heterocycles. The monoisotopic (exact) mass is 233 g/mol. The molecule has 0 saturated heterocycles. The highest BCUT2D eigenvalue weighted by Crippen LogP contribution is 2.06. The van der Waals surface area contributed by atoms with Gasteiger partial charge < -0.3 is 5.21 Å². The molecular formula is C11H15N5O. The molecule has 0 radical (unpaired) electrons. The number of nitrogens with zero attached hydrogens (tertiary/aromatic N) is 5. The molecular weight excluding hydrogens is 218 g/mol.